The summed E-state index contributed by atoms with van der Waals surface area (Å²) in [5.74, 6) is 0.773. The third-order valence-corrected chi connectivity index (χ3v) is 3.40. The van der Waals surface area contributed by atoms with E-state index in [1.54, 1.807) is 25.5 Å². The van der Waals surface area contributed by atoms with E-state index >= 15 is 0 Å². The van der Waals surface area contributed by atoms with Gasteiger partial charge in [-0.3, -0.25) is 15.5 Å². The number of benzene rings is 2. The Balaban J connectivity index is 1.76. The summed E-state index contributed by atoms with van der Waals surface area (Å²) in [6, 6.07) is 11.8. The molecule has 116 valence electrons. The number of nitrogens with zero attached hydrogens (tertiary/aromatic N) is 2. The van der Waals surface area contributed by atoms with Gasteiger partial charge in [0, 0.05) is 34.8 Å². The van der Waals surface area contributed by atoms with Gasteiger partial charge < -0.3 is 9.72 Å². The van der Waals surface area contributed by atoms with Crippen LogP contribution in [0.25, 0.3) is 10.9 Å². The summed E-state index contributed by atoms with van der Waals surface area (Å²) in [6.07, 6.45) is 3.53. The summed E-state index contributed by atoms with van der Waals surface area (Å²) in [7, 11) is 1.62. The number of non-ortho nitro benzene ring substituents is 1. The molecule has 0 saturated carbocycles. The first kappa shape index (κ1) is 14.6. The number of ether oxygens (including phenoxy) is 1. The molecule has 0 saturated heterocycles. The number of nitro groups is 1. The van der Waals surface area contributed by atoms with Crippen LogP contribution in [0.3, 0.4) is 0 Å². The third-order valence-electron chi connectivity index (χ3n) is 3.40. The Hall–Kier alpha value is -3.35. The number of rotatable bonds is 5. The molecule has 0 amide bonds. The number of nitrogens with one attached hydrogen (secondary N) is 2. The van der Waals surface area contributed by atoms with E-state index in [1.807, 2.05) is 24.4 Å². The molecular weight excluding hydrogens is 296 g/mol. The summed E-state index contributed by atoms with van der Waals surface area (Å²) >= 11 is 0. The highest BCUT2D eigenvalue weighted by Crippen LogP contribution is 2.22. The number of fused-ring (bicyclic) bond motifs is 1. The number of hydrazone groups is 1. The van der Waals surface area contributed by atoms with Crippen LogP contribution in [0.4, 0.5) is 11.4 Å². The number of hydrogen-bond acceptors (Lipinski definition) is 5. The van der Waals surface area contributed by atoms with Gasteiger partial charge in [-0.25, -0.2) is 0 Å². The van der Waals surface area contributed by atoms with Gasteiger partial charge in [-0.15, -0.1) is 0 Å². The number of methoxy groups -OCH3 is 1. The second-order valence-corrected chi connectivity index (χ2v) is 4.83. The van der Waals surface area contributed by atoms with Crippen LogP contribution in [-0.2, 0) is 0 Å². The fourth-order valence-electron chi connectivity index (χ4n) is 2.19. The first-order valence-corrected chi connectivity index (χ1v) is 6.86. The van der Waals surface area contributed by atoms with E-state index in [9.17, 15) is 10.1 Å². The zero-order chi connectivity index (χ0) is 16.2. The minimum atomic E-state index is -0.438. The molecular formula is C16H14N4O3. The van der Waals surface area contributed by atoms with Crippen LogP contribution in [0.2, 0.25) is 0 Å². The van der Waals surface area contributed by atoms with E-state index < -0.39 is 4.92 Å². The van der Waals surface area contributed by atoms with E-state index in [0.29, 0.717) is 5.69 Å². The number of aromatic nitrogens is 1. The smallest absolute Gasteiger partial charge is 0.269 e. The van der Waals surface area contributed by atoms with E-state index in [4.69, 9.17) is 4.74 Å². The zero-order valence-corrected chi connectivity index (χ0v) is 12.3. The lowest BCUT2D eigenvalue weighted by Gasteiger charge is -2.00. The van der Waals surface area contributed by atoms with Crippen molar-refractivity contribution in [2.45, 2.75) is 0 Å². The molecule has 0 spiro atoms. The molecule has 0 aliphatic rings. The maximum atomic E-state index is 10.6. The molecule has 3 rings (SSSR count). The van der Waals surface area contributed by atoms with Gasteiger partial charge in [-0.05, 0) is 30.3 Å². The van der Waals surface area contributed by atoms with Crippen LogP contribution in [0.15, 0.2) is 53.8 Å². The Morgan fingerprint density at radius 2 is 2.04 bits per heavy atom. The van der Waals surface area contributed by atoms with Crippen molar-refractivity contribution in [3.8, 4) is 5.75 Å². The number of hydrogen-bond donors (Lipinski definition) is 2. The topological polar surface area (TPSA) is 92.5 Å². The molecule has 0 aliphatic carbocycles. The standard InChI is InChI=1S/C16H14N4O3/c1-23-14-6-7-16-15(8-14)11(9-17-16)10-18-19-12-2-4-13(5-3-12)20(21)22/h2-10,17,19H,1H3/b18-10+. The maximum absolute atomic E-state index is 10.6. The normalized spacial score (nSPS) is 11.0. The van der Waals surface area contributed by atoms with Gasteiger partial charge in [0.05, 0.1) is 23.9 Å². The predicted molar refractivity (Wildman–Crippen MR) is 89.2 cm³/mol. The Bertz CT molecular complexity index is 869. The van der Waals surface area contributed by atoms with Crippen LogP contribution >= 0.6 is 0 Å². The Kier molecular flexibility index (Phi) is 3.92. The van der Waals surface area contributed by atoms with Crippen LogP contribution in [-0.4, -0.2) is 23.2 Å². The van der Waals surface area contributed by atoms with Crippen molar-refractivity contribution in [3.63, 3.8) is 0 Å². The average Bonchev–Trinajstić information content (AvgIpc) is 2.97. The van der Waals surface area contributed by atoms with Gasteiger partial charge >= 0.3 is 0 Å². The summed E-state index contributed by atoms with van der Waals surface area (Å²) < 4.78 is 5.22. The first-order chi connectivity index (χ1) is 11.2. The highest BCUT2D eigenvalue weighted by molar-refractivity contribution is 5.99. The highest BCUT2D eigenvalue weighted by atomic mass is 16.6. The lowest BCUT2D eigenvalue weighted by atomic mass is 10.2. The maximum Gasteiger partial charge on any atom is 0.269 e. The molecule has 0 atom stereocenters. The molecule has 1 aromatic heterocycles. The highest BCUT2D eigenvalue weighted by Gasteiger charge is 2.04. The lowest BCUT2D eigenvalue weighted by molar-refractivity contribution is -0.384. The first-order valence-electron chi connectivity index (χ1n) is 6.86. The van der Waals surface area contributed by atoms with E-state index in [2.05, 4.69) is 15.5 Å². The van der Waals surface area contributed by atoms with Crippen LogP contribution in [0.5, 0.6) is 5.75 Å². The SMILES string of the molecule is COc1ccc2[nH]cc(/C=N/Nc3ccc([N+](=O)[O-])cc3)c2c1. The second kappa shape index (κ2) is 6.18. The van der Waals surface area contributed by atoms with E-state index in [0.717, 1.165) is 22.2 Å². The van der Waals surface area contributed by atoms with Gasteiger partial charge in [0.15, 0.2) is 0 Å². The molecule has 2 N–H and O–H groups in total. The molecule has 7 nitrogen and oxygen atoms in total. The van der Waals surface area contributed by atoms with Crippen LogP contribution in [0.1, 0.15) is 5.56 Å². The van der Waals surface area contributed by atoms with Gasteiger partial charge in [-0.1, -0.05) is 0 Å². The number of anilines is 1. The zero-order valence-electron chi connectivity index (χ0n) is 12.3. The Morgan fingerprint density at radius 1 is 1.26 bits per heavy atom. The summed E-state index contributed by atoms with van der Waals surface area (Å²) in [4.78, 5) is 13.3. The van der Waals surface area contributed by atoms with Gasteiger partial charge in [0.1, 0.15) is 5.75 Å². The number of aromatic amines is 1. The fraction of sp³-hybridized carbons (Fsp3) is 0.0625. The summed E-state index contributed by atoms with van der Waals surface area (Å²) in [5, 5.41) is 15.8. The molecule has 0 unspecified atom stereocenters. The minimum absolute atomic E-state index is 0.0447. The predicted octanol–water partition coefficient (Wildman–Crippen LogP) is 3.53. The fourth-order valence-corrected chi connectivity index (χ4v) is 2.19. The monoisotopic (exact) mass is 310 g/mol. The summed E-state index contributed by atoms with van der Waals surface area (Å²) in [5.41, 5.74) is 5.46. The number of nitro benzene ring substituents is 1. The molecule has 3 aromatic rings. The lowest BCUT2D eigenvalue weighted by Crippen LogP contribution is -1.92. The minimum Gasteiger partial charge on any atom is -0.497 e. The van der Waals surface area contributed by atoms with Crippen molar-refractivity contribution >= 4 is 28.5 Å². The Morgan fingerprint density at radius 3 is 2.74 bits per heavy atom. The van der Waals surface area contributed by atoms with E-state index in [1.165, 1.54) is 12.1 Å². The van der Waals surface area contributed by atoms with Crippen molar-refractivity contribution < 1.29 is 9.66 Å². The molecule has 0 bridgehead atoms. The molecule has 7 heteroatoms. The molecule has 2 aromatic carbocycles. The average molecular weight is 310 g/mol. The van der Waals surface area contributed by atoms with Crippen molar-refractivity contribution in [1.29, 1.82) is 0 Å². The van der Waals surface area contributed by atoms with Crippen molar-refractivity contribution in [2.24, 2.45) is 5.10 Å². The number of H-pyrrole nitrogens is 1. The second-order valence-electron chi connectivity index (χ2n) is 4.83. The molecule has 0 radical (unpaired) electrons. The van der Waals surface area contributed by atoms with Crippen LogP contribution in [0, 0.1) is 10.1 Å². The van der Waals surface area contributed by atoms with E-state index in [-0.39, 0.29) is 5.69 Å². The summed E-state index contributed by atoms with van der Waals surface area (Å²) in [6.45, 7) is 0. The molecule has 0 fully saturated rings. The molecule has 1 heterocycles. The third kappa shape index (κ3) is 3.13. The van der Waals surface area contributed by atoms with Gasteiger partial charge in [-0.2, -0.15) is 5.10 Å². The van der Waals surface area contributed by atoms with Gasteiger partial charge in [0.25, 0.3) is 5.69 Å². The quantitative estimate of drug-likeness (QED) is 0.428. The van der Waals surface area contributed by atoms with Crippen LogP contribution < -0.4 is 10.2 Å². The van der Waals surface area contributed by atoms with Crippen molar-refractivity contribution in [2.75, 3.05) is 12.5 Å². The molecule has 0 aliphatic heterocycles. The Labute approximate surface area is 131 Å². The largest absolute Gasteiger partial charge is 0.497 e. The van der Waals surface area contributed by atoms with Gasteiger partial charge in [0.2, 0.25) is 0 Å². The molecule has 23 heavy (non-hydrogen) atoms. The van der Waals surface area contributed by atoms with Crippen molar-refractivity contribution in [1.82, 2.24) is 4.98 Å². The van der Waals surface area contributed by atoms with Crippen molar-refractivity contribution in [3.05, 3.63) is 64.3 Å².